The Morgan fingerprint density at radius 2 is 1.68 bits per heavy atom. The Morgan fingerprint density at radius 1 is 0.964 bits per heavy atom. The Labute approximate surface area is 169 Å². The van der Waals surface area contributed by atoms with E-state index in [9.17, 15) is 9.90 Å². The Hall–Kier alpha value is -2.66. The average molecular weight is 397 g/mol. The van der Waals surface area contributed by atoms with Crippen molar-refractivity contribution in [3.05, 3.63) is 101 Å². The second kappa shape index (κ2) is 10.0. The van der Waals surface area contributed by atoms with Gasteiger partial charge in [0.2, 0.25) is 0 Å². The second-order valence-electron chi connectivity index (χ2n) is 6.54. The predicted octanol–water partition coefficient (Wildman–Crippen LogP) is 3.07. The summed E-state index contributed by atoms with van der Waals surface area (Å²) in [6, 6.07) is 23.8. The van der Waals surface area contributed by atoms with Gasteiger partial charge in [0.05, 0.1) is 0 Å². The molecule has 3 N–H and O–H groups in total. The normalized spacial score (nSPS) is 11.8. The highest BCUT2D eigenvalue weighted by atomic mass is 35.5. The van der Waals surface area contributed by atoms with Crippen LogP contribution >= 0.6 is 11.6 Å². The third-order valence-electron chi connectivity index (χ3n) is 4.30. The lowest BCUT2D eigenvalue weighted by molar-refractivity contribution is -0.676. The molecule has 3 rings (SSSR count). The van der Waals surface area contributed by atoms with Crippen molar-refractivity contribution in [2.45, 2.75) is 12.6 Å². The molecular formula is C23H23ClNO3+. The third-order valence-corrected chi connectivity index (χ3v) is 4.54. The predicted molar refractivity (Wildman–Crippen MR) is 110 cm³/mol. The minimum absolute atomic E-state index is 0.0252. The Morgan fingerprint density at radius 3 is 2.39 bits per heavy atom. The van der Waals surface area contributed by atoms with E-state index in [1.54, 1.807) is 36.4 Å². The number of hydrogen-bond donors (Lipinski definition) is 2. The molecule has 0 fully saturated rings. The number of rotatable bonds is 9. The Balaban J connectivity index is 1.43. The van der Waals surface area contributed by atoms with E-state index in [2.05, 4.69) is 0 Å². The van der Waals surface area contributed by atoms with Crippen molar-refractivity contribution in [1.29, 1.82) is 0 Å². The number of aliphatic hydroxyl groups excluding tert-OH is 1. The summed E-state index contributed by atoms with van der Waals surface area (Å²) in [7, 11) is 0. The van der Waals surface area contributed by atoms with Crippen LogP contribution < -0.4 is 10.1 Å². The van der Waals surface area contributed by atoms with Gasteiger partial charge in [0.1, 0.15) is 31.5 Å². The second-order valence-corrected chi connectivity index (χ2v) is 6.98. The number of nitrogens with two attached hydrogens (primary N) is 1. The van der Waals surface area contributed by atoms with Gasteiger partial charge in [-0.15, -0.1) is 0 Å². The topological polar surface area (TPSA) is 63.1 Å². The summed E-state index contributed by atoms with van der Waals surface area (Å²) in [5, 5.41) is 12.8. The van der Waals surface area contributed by atoms with Crippen LogP contribution in [-0.2, 0) is 6.54 Å². The van der Waals surface area contributed by atoms with E-state index in [1.165, 1.54) is 0 Å². The maximum atomic E-state index is 12.4. The quantitative estimate of drug-likeness (QED) is 0.546. The van der Waals surface area contributed by atoms with Crippen molar-refractivity contribution in [3.63, 3.8) is 0 Å². The first-order valence-electron chi connectivity index (χ1n) is 9.18. The maximum absolute atomic E-state index is 12.4. The molecule has 0 aromatic heterocycles. The van der Waals surface area contributed by atoms with Crippen LogP contribution in [0.3, 0.4) is 0 Å². The highest BCUT2D eigenvalue weighted by Crippen LogP contribution is 2.15. The number of benzene rings is 3. The van der Waals surface area contributed by atoms with E-state index in [-0.39, 0.29) is 12.4 Å². The molecule has 144 valence electrons. The largest absolute Gasteiger partial charge is 0.491 e. The van der Waals surface area contributed by atoms with Crippen LogP contribution in [0.2, 0.25) is 5.02 Å². The summed E-state index contributed by atoms with van der Waals surface area (Å²) < 4.78 is 5.63. The van der Waals surface area contributed by atoms with Gasteiger partial charge in [-0.05, 0) is 36.4 Å². The Bertz CT molecular complexity index is 897. The van der Waals surface area contributed by atoms with Crippen molar-refractivity contribution in [2.75, 3.05) is 13.2 Å². The van der Waals surface area contributed by atoms with Crippen molar-refractivity contribution < 1.29 is 20.0 Å². The van der Waals surface area contributed by atoms with Crippen molar-refractivity contribution in [3.8, 4) is 5.75 Å². The number of halogens is 1. The van der Waals surface area contributed by atoms with Crippen LogP contribution in [-0.4, -0.2) is 30.1 Å². The fourth-order valence-electron chi connectivity index (χ4n) is 2.83. The van der Waals surface area contributed by atoms with Crippen molar-refractivity contribution >= 4 is 17.4 Å². The summed E-state index contributed by atoms with van der Waals surface area (Å²) >= 11 is 5.96. The van der Waals surface area contributed by atoms with Crippen molar-refractivity contribution in [2.24, 2.45) is 0 Å². The number of ketones is 1. The smallest absolute Gasteiger partial charge is 0.193 e. The van der Waals surface area contributed by atoms with Crippen LogP contribution in [0.4, 0.5) is 0 Å². The molecule has 3 aromatic carbocycles. The lowest BCUT2D eigenvalue weighted by Gasteiger charge is -2.12. The zero-order valence-corrected chi connectivity index (χ0v) is 16.2. The SMILES string of the molecule is O=C(c1ccccc1)c1ccc(OC[C@@H](O)C[NH2+]Cc2cccc(Cl)c2)cc1. The van der Waals surface area contributed by atoms with Gasteiger partial charge in [0, 0.05) is 21.7 Å². The van der Waals surface area contributed by atoms with Crippen LogP contribution in [0.25, 0.3) is 0 Å². The summed E-state index contributed by atoms with van der Waals surface area (Å²) in [6.45, 7) is 1.46. The third kappa shape index (κ3) is 5.92. The van der Waals surface area contributed by atoms with E-state index in [4.69, 9.17) is 16.3 Å². The van der Waals surface area contributed by atoms with E-state index in [0.717, 1.165) is 12.1 Å². The van der Waals surface area contributed by atoms with Gasteiger partial charge in [-0.2, -0.15) is 0 Å². The average Bonchev–Trinajstić information content (AvgIpc) is 2.73. The van der Waals surface area contributed by atoms with Gasteiger partial charge >= 0.3 is 0 Å². The molecule has 4 nitrogen and oxygen atoms in total. The molecule has 5 heteroatoms. The molecule has 0 amide bonds. The van der Waals surface area contributed by atoms with Crippen LogP contribution in [0.5, 0.6) is 5.75 Å². The molecule has 0 bridgehead atoms. The van der Waals surface area contributed by atoms with Crippen LogP contribution in [0, 0.1) is 0 Å². The highest BCUT2D eigenvalue weighted by Gasteiger charge is 2.10. The highest BCUT2D eigenvalue weighted by molar-refractivity contribution is 6.30. The minimum atomic E-state index is -0.593. The van der Waals surface area contributed by atoms with Crippen LogP contribution in [0.1, 0.15) is 21.5 Å². The summed E-state index contributed by atoms with van der Waals surface area (Å²) in [5.41, 5.74) is 2.37. The zero-order valence-electron chi connectivity index (χ0n) is 15.4. The molecule has 0 radical (unpaired) electrons. The molecule has 1 atom stereocenters. The molecule has 0 aliphatic heterocycles. The van der Waals surface area contributed by atoms with Gasteiger partial charge in [0.15, 0.2) is 5.78 Å². The lowest BCUT2D eigenvalue weighted by atomic mass is 10.0. The number of ether oxygens (including phenoxy) is 1. The first kappa shape index (κ1) is 20.1. The molecular weight excluding hydrogens is 374 g/mol. The maximum Gasteiger partial charge on any atom is 0.193 e. The molecule has 28 heavy (non-hydrogen) atoms. The molecule has 0 unspecified atom stereocenters. The molecule has 0 aliphatic carbocycles. The van der Waals surface area contributed by atoms with E-state index >= 15 is 0 Å². The Kier molecular flexibility index (Phi) is 7.20. The van der Waals surface area contributed by atoms with Gasteiger partial charge in [-0.3, -0.25) is 4.79 Å². The molecule has 0 spiro atoms. The molecule has 3 aromatic rings. The number of hydrogen-bond acceptors (Lipinski definition) is 3. The molecule has 0 aliphatic rings. The number of aliphatic hydroxyl groups is 1. The van der Waals surface area contributed by atoms with E-state index < -0.39 is 6.10 Å². The molecule has 0 saturated carbocycles. The number of carbonyl (C=O) groups is 1. The number of quaternary nitrogens is 1. The van der Waals surface area contributed by atoms with Gasteiger partial charge in [0.25, 0.3) is 0 Å². The summed E-state index contributed by atoms with van der Waals surface area (Å²) in [5.74, 6) is 0.598. The minimum Gasteiger partial charge on any atom is -0.491 e. The molecule has 0 saturated heterocycles. The molecule has 0 heterocycles. The lowest BCUT2D eigenvalue weighted by Crippen LogP contribution is -2.85. The van der Waals surface area contributed by atoms with Gasteiger partial charge in [-0.25, -0.2) is 0 Å². The fraction of sp³-hybridized carbons (Fsp3) is 0.174. The fourth-order valence-corrected chi connectivity index (χ4v) is 3.04. The zero-order chi connectivity index (χ0) is 19.8. The monoisotopic (exact) mass is 396 g/mol. The summed E-state index contributed by atoms with van der Waals surface area (Å²) in [6.07, 6.45) is -0.593. The standard InChI is InChI=1S/C23H22ClNO3/c24-20-8-4-5-17(13-20)14-25-15-21(26)16-28-22-11-9-19(10-12-22)23(27)18-6-2-1-3-7-18/h1-13,21,25-26H,14-16H2/p+1/t21-/m0/s1. The van der Waals surface area contributed by atoms with Crippen molar-refractivity contribution in [1.82, 2.24) is 0 Å². The summed E-state index contributed by atoms with van der Waals surface area (Å²) in [4.78, 5) is 12.4. The van der Waals surface area contributed by atoms with E-state index in [0.29, 0.717) is 28.4 Å². The first-order chi connectivity index (χ1) is 13.6. The van der Waals surface area contributed by atoms with Crippen LogP contribution in [0.15, 0.2) is 78.9 Å². The van der Waals surface area contributed by atoms with Gasteiger partial charge < -0.3 is 15.2 Å². The van der Waals surface area contributed by atoms with E-state index in [1.807, 2.05) is 47.8 Å². The first-order valence-corrected chi connectivity index (χ1v) is 9.56. The van der Waals surface area contributed by atoms with Gasteiger partial charge in [-0.1, -0.05) is 54.1 Å². The number of carbonyl (C=O) groups excluding carboxylic acids is 1.